The number of hydrogen-bond acceptors (Lipinski definition) is 9. The zero-order chi connectivity index (χ0) is 22.4. The number of carbonyl (C=O) groups excluding carboxylic acids is 1. The molecule has 11 heteroatoms. The SMILES string of the molecule is Cc1cccc(Cl)c1NC(=O)c1cnc(Nc2nc(CC(C)C)nc(NCCO)n2)s1. The predicted octanol–water partition coefficient (Wildman–Crippen LogP) is 3.89. The van der Waals surface area contributed by atoms with Crippen LogP contribution in [0.4, 0.5) is 22.7 Å². The Bertz CT molecular complexity index is 1040. The number of amides is 1. The van der Waals surface area contributed by atoms with Crippen LogP contribution >= 0.6 is 22.9 Å². The van der Waals surface area contributed by atoms with Crippen molar-refractivity contribution in [2.75, 3.05) is 29.1 Å². The first-order valence-electron chi connectivity index (χ1n) is 9.74. The summed E-state index contributed by atoms with van der Waals surface area (Å²) in [5, 5.41) is 18.8. The highest BCUT2D eigenvalue weighted by molar-refractivity contribution is 7.17. The van der Waals surface area contributed by atoms with E-state index >= 15 is 0 Å². The van der Waals surface area contributed by atoms with Gasteiger partial charge in [-0.2, -0.15) is 15.0 Å². The van der Waals surface area contributed by atoms with E-state index in [0.717, 1.165) is 5.56 Å². The van der Waals surface area contributed by atoms with E-state index in [1.54, 1.807) is 6.07 Å². The van der Waals surface area contributed by atoms with E-state index in [4.69, 9.17) is 16.7 Å². The fourth-order valence-corrected chi connectivity index (χ4v) is 3.65. The molecule has 0 spiro atoms. The fraction of sp³-hybridized carbons (Fsp3) is 0.350. The second-order valence-electron chi connectivity index (χ2n) is 7.19. The van der Waals surface area contributed by atoms with Gasteiger partial charge in [0.1, 0.15) is 10.7 Å². The average molecular weight is 462 g/mol. The average Bonchev–Trinajstić information content (AvgIpc) is 3.17. The highest BCUT2D eigenvalue weighted by atomic mass is 35.5. The largest absolute Gasteiger partial charge is 0.395 e. The number of rotatable bonds is 9. The summed E-state index contributed by atoms with van der Waals surface area (Å²) in [4.78, 5) is 30.4. The number of thiazole rings is 1. The molecule has 2 heterocycles. The molecule has 0 aliphatic rings. The smallest absolute Gasteiger partial charge is 0.267 e. The van der Waals surface area contributed by atoms with Gasteiger partial charge in [-0.05, 0) is 24.5 Å². The number of nitrogens with zero attached hydrogens (tertiary/aromatic N) is 4. The van der Waals surface area contributed by atoms with Gasteiger partial charge >= 0.3 is 0 Å². The zero-order valence-electron chi connectivity index (χ0n) is 17.4. The van der Waals surface area contributed by atoms with Crippen molar-refractivity contribution in [2.45, 2.75) is 27.2 Å². The lowest BCUT2D eigenvalue weighted by molar-refractivity contribution is 0.103. The number of aliphatic hydroxyl groups excluding tert-OH is 1. The Labute approximate surface area is 189 Å². The van der Waals surface area contributed by atoms with Crippen molar-refractivity contribution < 1.29 is 9.90 Å². The summed E-state index contributed by atoms with van der Waals surface area (Å²) < 4.78 is 0. The lowest BCUT2D eigenvalue weighted by Gasteiger charge is -2.10. The van der Waals surface area contributed by atoms with Gasteiger partial charge in [0, 0.05) is 13.0 Å². The number of carbonyl (C=O) groups is 1. The topological polar surface area (TPSA) is 125 Å². The standard InChI is InChI=1S/C20H24ClN7O2S/c1-11(2)9-15-24-18(22-7-8-29)27-19(25-15)28-20-23-10-14(31-20)17(30)26-16-12(3)5-4-6-13(16)21/h4-6,10-11,29H,7-9H2,1-3H3,(H,26,30)(H2,22,23,24,25,27,28). The van der Waals surface area contributed by atoms with E-state index in [1.165, 1.54) is 17.5 Å². The van der Waals surface area contributed by atoms with Crippen LogP contribution in [0.3, 0.4) is 0 Å². The van der Waals surface area contributed by atoms with Gasteiger partial charge in [0.25, 0.3) is 5.91 Å². The van der Waals surface area contributed by atoms with Gasteiger partial charge in [0.05, 0.1) is 23.5 Å². The van der Waals surface area contributed by atoms with Crippen molar-refractivity contribution in [1.29, 1.82) is 0 Å². The van der Waals surface area contributed by atoms with Crippen molar-refractivity contribution in [1.82, 2.24) is 19.9 Å². The molecule has 0 bridgehead atoms. The molecule has 3 aromatic rings. The molecule has 0 saturated carbocycles. The summed E-state index contributed by atoms with van der Waals surface area (Å²) in [6.45, 7) is 6.31. The summed E-state index contributed by atoms with van der Waals surface area (Å²) in [5.74, 6) is 1.37. The quantitative estimate of drug-likeness (QED) is 0.378. The van der Waals surface area contributed by atoms with Crippen LogP contribution in [-0.4, -0.2) is 44.1 Å². The van der Waals surface area contributed by atoms with Crippen LogP contribution in [0.2, 0.25) is 5.02 Å². The Morgan fingerprint density at radius 3 is 2.71 bits per heavy atom. The second-order valence-corrected chi connectivity index (χ2v) is 8.63. The summed E-state index contributed by atoms with van der Waals surface area (Å²) in [7, 11) is 0. The van der Waals surface area contributed by atoms with Gasteiger partial charge < -0.3 is 15.7 Å². The second kappa shape index (κ2) is 10.5. The number of aryl methyl sites for hydroxylation is 1. The number of halogens is 1. The molecule has 0 aliphatic carbocycles. The highest BCUT2D eigenvalue weighted by Crippen LogP contribution is 2.27. The van der Waals surface area contributed by atoms with Crippen molar-refractivity contribution in [2.24, 2.45) is 5.92 Å². The van der Waals surface area contributed by atoms with Crippen molar-refractivity contribution in [3.63, 3.8) is 0 Å². The van der Waals surface area contributed by atoms with Gasteiger partial charge in [-0.3, -0.25) is 10.1 Å². The number of nitrogens with one attached hydrogen (secondary N) is 3. The summed E-state index contributed by atoms with van der Waals surface area (Å²) in [6.07, 6.45) is 2.16. The Morgan fingerprint density at radius 1 is 1.23 bits per heavy atom. The third kappa shape index (κ3) is 6.33. The number of aromatic nitrogens is 4. The maximum Gasteiger partial charge on any atom is 0.267 e. The molecule has 1 amide bonds. The molecule has 4 N–H and O–H groups in total. The first-order valence-corrected chi connectivity index (χ1v) is 10.9. The monoisotopic (exact) mass is 461 g/mol. The first kappa shape index (κ1) is 22.9. The number of benzene rings is 1. The molecule has 0 unspecified atom stereocenters. The summed E-state index contributed by atoms with van der Waals surface area (Å²) >= 11 is 7.36. The zero-order valence-corrected chi connectivity index (χ0v) is 19.0. The minimum atomic E-state index is -0.303. The molecule has 164 valence electrons. The molecule has 31 heavy (non-hydrogen) atoms. The van der Waals surface area contributed by atoms with E-state index in [2.05, 4.69) is 49.7 Å². The van der Waals surface area contributed by atoms with Crippen LogP contribution in [0, 0.1) is 12.8 Å². The van der Waals surface area contributed by atoms with Crippen LogP contribution in [0.1, 0.15) is 34.9 Å². The molecule has 3 rings (SSSR count). The van der Waals surface area contributed by atoms with Crippen LogP contribution in [0.5, 0.6) is 0 Å². The van der Waals surface area contributed by atoms with Crippen LogP contribution in [-0.2, 0) is 6.42 Å². The molecule has 0 radical (unpaired) electrons. The molecule has 9 nitrogen and oxygen atoms in total. The Balaban J connectivity index is 1.76. The van der Waals surface area contributed by atoms with Crippen LogP contribution < -0.4 is 16.0 Å². The minimum Gasteiger partial charge on any atom is -0.395 e. The summed E-state index contributed by atoms with van der Waals surface area (Å²) in [5.41, 5.74) is 1.45. The number of aliphatic hydroxyl groups is 1. The van der Waals surface area contributed by atoms with Gasteiger partial charge in [-0.25, -0.2) is 4.98 Å². The number of hydrogen-bond donors (Lipinski definition) is 4. The maximum absolute atomic E-state index is 12.6. The van der Waals surface area contributed by atoms with Crippen LogP contribution in [0.15, 0.2) is 24.4 Å². The first-order chi connectivity index (χ1) is 14.9. The third-order valence-electron chi connectivity index (χ3n) is 4.08. The molecule has 0 fully saturated rings. The van der Waals surface area contributed by atoms with Crippen LogP contribution in [0.25, 0.3) is 0 Å². The molecular weight excluding hydrogens is 438 g/mol. The van der Waals surface area contributed by atoms with E-state index in [-0.39, 0.29) is 12.5 Å². The van der Waals surface area contributed by atoms with E-state index in [1.807, 2.05) is 19.1 Å². The Kier molecular flexibility index (Phi) is 7.72. The van der Waals surface area contributed by atoms with E-state index in [9.17, 15) is 4.79 Å². The van der Waals surface area contributed by atoms with Crippen molar-refractivity contribution >= 4 is 51.6 Å². The molecule has 2 aromatic heterocycles. The number of anilines is 4. The highest BCUT2D eigenvalue weighted by Gasteiger charge is 2.15. The van der Waals surface area contributed by atoms with E-state index < -0.39 is 0 Å². The molecule has 1 aromatic carbocycles. The molecule has 0 aliphatic heterocycles. The van der Waals surface area contributed by atoms with Gasteiger partial charge in [-0.15, -0.1) is 0 Å². The Morgan fingerprint density at radius 2 is 2.00 bits per heavy atom. The third-order valence-corrected chi connectivity index (χ3v) is 5.30. The van der Waals surface area contributed by atoms with Gasteiger partial charge in [0.2, 0.25) is 11.9 Å². The van der Waals surface area contributed by atoms with Gasteiger partial charge in [-0.1, -0.05) is 48.9 Å². The predicted molar refractivity (Wildman–Crippen MR) is 123 cm³/mol. The molecule has 0 saturated heterocycles. The van der Waals surface area contributed by atoms with E-state index in [0.29, 0.717) is 57.3 Å². The molecular formula is C20H24ClN7O2S. The summed E-state index contributed by atoms with van der Waals surface area (Å²) in [6, 6.07) is 5.43. The normalized spacial score (nSPS) is 10.9. The van der Waals surface area contributed by atoms with Crippen molar-refractivity contribution in [3.05, 3.63) is 45.7 Å². The van der Waals surface area contributed by atoms with Crippen molar-refractivity contribution in [3.8, 4) is 0 Å². The Hall–Kier alpha value is -2.82. The van der Waals surface area contributed by atoms with Gasteiger partial charge in [0.15, 0.2) is 5.13 Å². The number of para-hydroxylation sites is 1. The lowest BCUT2D eigenvalue weighted by atomic mass is 10.1. The lowest BCUT2D eigenvalue weighted by Crippen LogP contribution is -2.13. The maximum atomic E-state index is 12.6. The minimum absolute atomic E-state index is 0.0379. The molecule has 0 atom stereocenters. The fourth-order valence-electron chi connectivity index (χ4n) is 2.68.